The van der Waals surface area contributed by atoms with Crippen molar-refractivity contribution in [3.8, 4) is 0 Å². The predicted octanol–water partition coefficient (Wildman–Crippen LogP) is -1.03. The van der Waals surface area contributed by atoms with E-state index in [2.05, 4.69) is 15.6 Å². The lowest BCUT2D eigenvalue weighted by atomic mass is 10.2. The minimum Gasteiger partial charge on any atom is -0.352 e. The van der Waals surface area contributed by atoms with Gasteiger partial charge in [-0.2, -0.15) is 0 Å². The molecule has 1 fully saturated rings. The topological polar surface area (TPSA) is 87.5 Å². The first-order chi connectivity index (χ1) is 7.58. The zero-order chi connectivity index (χ0) is 12.1. The van der Waals surface area contributed by atoms with Crippen LogP contribution < -0.4 is 16.6 Å². The van der Waals surface area contributed by atoms with Crippen molar-refractivity contribution in [3.05, 3.63) is 0 Å². The molecule has 0 aromatic carbocycles. The van der Waals surface area contributed by atoms with Gasteiger partial charge in [-0.05, 0) is 12.8 Å². The maximum absolute atomic E-state index is 11.5. The van der Waals surface area contributed by atoms with Gasteiger partial charge in [-0.1, -0.05) is 6.92 Å². The van der Waals surface area contributed by atoms with Gasteiger partial charge in [0.2, 0.25) is 5.91 Å². The van der Waals surface area contributed by atoms with E-state index in [0.29, 0.717) is 6.54 Å². The summed E-state index contributed by atoms with van der Waals surface area (Å²) in [6, 6.07) is -0.0408. The van der Waals surface area contributed by atoms with E-state index in [1.54, 1.807) is 0 Å². The molecular weight excluding hydrogens is 208 g/mol. The molecule has 0 aliphatic carbocycles. The number of nitrogens with two attached hydrogens (primary N) is 1. The number of likely N-dealkylation sites (tertiary alicyclic amines) is 1. The summed E-state index contributed by atoms with van der Waals surface area (Å²) in [5, 5.41) is 2.86. The van der Waals surface area contributed by atoms with Gasteiger partial charge in [0.1, 0.15) is 0 Å². The van der Waals surface area contributed by atoms with Crippen LogP contribution in [0.1, 0.15) is 26.7 Å². The van der Waals surface area contributed by atoms with Gasteiger partial charge >= 0.3 is 0 Å². The van der Waals surface area contributed by atoms with Crippen LogP contribution in [0.4, 0.5) is 0 Å². The van der Waals surface area contributed by atoms with Crippen LogP contribution in [0.15, 0.2) is 0 Å². The second-order valence-electron chi connectivity index (χ2n) is 4.11. The van der Waals surface area contributed by atoms with Gasteiger partial charge in [-0.15, -0.1) is 0 Å². The number of hydrogen-bond donors (Lipinski definition) is 3. The molecule has 6 nitrogen and oxygen atoms in total. The number of carbonyl (C=O) groups excluding carboxylic acids is 2. The van der Waals surface area contributed by atoms with Gasteiger partial charge in [-0.3, -0.25) is 19.9 Å². The molecule has 1 saturated heterocycles. The highest BCUT2D eigenvalue weighted by Crippen LogP contribution is 2.14. The van der Waals surface area contributed by atoms with Gasteiger partial charge in [-0.25, -0.2) is 5.84 Å². The number of hydrogen-bond acceptors (Lipinski definition) is 4. The van der Waals surface area contributed by atoms with Crippen LogP contribution in [-0.4, -0.2) is 41.9 Å². The third-order valence-corrected chi connectivity index (χ3v) is 2.90. The molecule has 0 radical (unpaired) electrons. The van der Waals surface area contributed by atoms with Gasteiger partial charge in [0.25, 0.3) is 5.91 Å². The summed E-state index contributed by atoms with van der Waals surface area (Å²) in [4.78, 5) is 24.5. The minimum absolute atomic E-state index is 0.0248. The Kier molecular flexibility index (Phi) is 4.70. The summed E-state index contributed by atoms with van der Waals surface area (Å²) >= 11 is 0. The number of hydrazine groups is 1. The Morgan fingerprint density at radius 2 is 2.25 bits per heavy atom. The second kappa shape index (κ2) is 5.81. The molecule has 92 valence electrons. The van der Waals surface area contributed by atoms with E-state index in [0.717, 1.165) is 19.4 Å². The van der Waals surface area contributed by atoms with Gasteiger partial charge in [0, 0.05) is 26.1 Å². The van der Waals surface area contributed by atoms with E-state index in [4.69, 9.17) is 5.84 Å². The normalized spacial score (nSPS) is 22.8. The second-order valence-corrected chi connectivity index (χ2v) is 4.11. The van der Waals surface area contributed by atoms with E-state index < -0.39 is 0 Å². The average molecular weight is 228 g/mol. The molecule has 0 saturated carbocycles. The van der Waals surface area contributed by atoms with Crippen LogP contribution in [0, 0.1) is 0 Å². The number of amides is 2. The zero-order valence-electron chi connectivity index (χ0n) is 9.82. The summed E-state index contributed by atoms with van der Waals surface area (Å²) in [7, 11) is 0. The minimum atomic E-state index is -0.191. The molecule has 1 heterocycles. The largest absolute Gasteiger partial charge is 0.352 e. The molecule has 2 atom stereocenters. The Bertz CT molecular complexity index is 270. The van der Waals surface area contributed by atoms with Gasteiger partial charge < -0.3 is 5.32 Å². The fourth-order valence-corrected chi connectivity index (χ4v) is 2.18. The predicted molar refractivity (Wildman–Crippen MR) is 60.2 cm³/mol. The molecule has 1 aliphatic heterocycles. The average Bonchev–Trinajstić information content (AvgIpc) is 2.66. The lowest BCUT2D eigenvalue weighted by Gasteiger charge is -2.24. The first-order valence-corrected chi connectivity index (χ1v) is 5.60. The van der Waals surface area contributed by atoms with Gasteiger partial charge in [0.15, 0.2) is 0 Å². The molecular formula is C10H20N4O2. The van der Waals surface area contributed by atoms with Crippen LogP contribution in [0.2, 0.25) is 0 Å². The molecule has 16 heavy (non-hydrogen) atoms. The Balaban J connectivity index is 2.50. The zero-order valence-corrected chi connectivity index (χ0v) is 9.82. The van der Waals surface area contributed by atoms with Crippen LogP contribution >= 0.6 is 0 Å². The monoisotopic (exact) mass is 228 g/mol. The Labute approximate surface area is 95.5 Å². The highest BCUT2D eigenvalue weighted by molar-refractivity contribution is 5.81. The number of nitrogens with one attached hydrogen (secondary N) is 2. The third kappa shape index (κ3) is 3.18. The maximum Gasteiger partial charge on any atom is 0.251 e. The first kappa shape index (κ1) is 12.9. The van der Waals surface area contributed by atoms with Crippen molar-refractivity contribution in [2.75, 3.05) is 13.1 Å². The van der Waals surface area contributed by atoms with Crippen LogP contribution in [0.3, 0.4) is 0 Å². The Hall–Kier alpha value is -1.14. The Morgan fingerprint density at radius 3 is 2.75 bits per heavy atom. The number of nitrogens with zero attached hydrogens (tertiary/aromatic N) is 1. The van der Waals surface area contributed by atoms with Crippen LogP contribution in [0.25, 0.3) is 0 Å². The molecule has 1 rings (SSSR count). The molecule has 0 aromatic rings. The van der Waals surface area contributed by atoms with Gasteiger partial charge in [0.05, 0.1) is 6.04 Å². The molecule has 0 spiro atoms. The SMILES string of the molecule is CCC(C(=O)NN)N1CCC(NC(C)=O)C1. The highest BCUT2D eigenvalue weighted by Gasteiger charge is 2.31. The van der Waals surface area contributed by atoms with Crippen molar-refractivity contribution in [3.63, 3.8) is 0 Å². The van der Waals surface area contributed by atoms with E-state index >= 15 is 0 Å². The Morgan fingerprint density at radius 1 is 1.56 bits per heavy atom. The lowest BCUT2D eigenvalue weighted by molar-refractivity contribution is -0.126. The van der Waals surface area contributed by atoms with Crippen molar-refractivity contribution in [1.82, 2.24) is 15.6 Å². The molecule has 4 N–H and O–H groups in total. The molecule has 1 aliphatic rings. The highest BCUT2D eigenvalue weighted by atomic mass is 16.2. The quantitative estimate of drug-likeness (QED) is 0.326. The maximum atomic E-state index is 11.5. The van der Waals surface area contributed by atoms with E-state index in [-0.39, 0.29) is 23.9 Å². The third-order valence-electron chi connectivity index (χ3n) is 2.90. The smallest absolute Gasteiger partial charge is 0.251 e. The van der Waals surface area contributed by atoms with Crippen LogP contribution in [-0.2, 0) is 9.59 Å². The molecule has 0 aromatic heterocycles. The standard InChI is InChI=1S/C10H20N4O2/c1-3-9(10(16)13-11)14-5-4-8(6-14)12-7(2)15/h8-9H,3-6,11H2,1-2H3,(H,12,15)(H,13,16). The first-order valence-electron chi connectivity index (χ1n) is 5.60. The summed E-state index contributed by atoms with van der Waals surface area (Å²) in [5.74, 6) is 4.95. The molecule has 6 heteroatoms. The summed E-state index contributed by atoms with van der Waals surface area (Å²) in [6.45, 7) is 4.99. The van der Waals surface area contributed by atoms with Crippen molar-refractivity contribution in [2.45, 2.75) is 38.8 Å². The molecule has 2 amide bonds. The summed E-state index contributed by atoms with van der Waals surface area (Å²) in [5.41, 5.74) is 2.18. The molecule has 0 bridgehead atoms. The molecule has 2 unspecified atom stereocenters. The van der Waals surface area contributed by atoms with E-state index in [1.807, 2.05) is 6.92 Å². The summed E-state index contributed by atoms with van der Waals surface area (Å²) in [6.07, 6.45) is 1.60. The van der Waals surface area contributed by atoms with Crippen molar-refractivity contribution < 1.29 is 9.59 Å². The van der Waals surface area contributed by atoms with Crippen molar-refractivity contribution in [1.29, 1.82) is 0 Å². The van der Waals surface area contributed by atoms with Crippen LogP contribution in [0.5, 0.6) is 0 Å². The lowest BCUT2D eigenvalue weighted by Crippen LogP contribution is -2.49. The van der Waals surface area contributed by atoms with Crippen molar-refractivity contribution >= 4 is 11.8 Å². The fraction of sp³-hybridized carbons (Fsp3) is 0.800. The number of carbonyl (C=O) groups is 2. The van der Waals surface area contributed by atoms with Crippen molar-refractivity contribution in [2.24, 2.45) is 5.84 Å². The fourth-order valence-electron chi connectivity index (χ4n) is 2.18. The summed E-state index contributed by atoms with van der Waals surface area (Å²) < 4.78 is 0. The van der Waals surface area contributed by atoms with E-state index in [1.165, 1.54) is 6.92 Å². The van der Waals surface area contributed by atoms with E-state index in [9.17, 15) is 9.59 Å². The number of rotatable bonds is 4.